The van der Waals surface area contributed by atoms with Crippen molar-refractivity contribution in [2.24, 2.45) is 5.73 Å². The van der Waals surface area contributed by atoms with Gasteiger partial charge in [-0.2, -0.15) is 0 Å². The zero-order chi connectivity index (χ0) is 10.8. The first-order chi connectivity index (χ1) is 7.22. The quantitative estimate of drug-likeness (QED) is 0.799. The fourth-order valence-corrected chi connectivity index (χ4v) is 1.51. The minimum absolute atomic E-state index is 0.114. The Morgan fingerprint density at radius 2 is 2.33 bits per heavy atom. The van der Waals surface area contributed by atoms with Crippen molar-refractivity contribution < 1.29 is 13.9 Å². The lowest BCUT2D eigenvalue weighted by molar-refractivity contribution is 0.181. The molecule has 0 spiro atoms. The average molecular weight is 210 g/mol. The number of carbonyl (C=O) groups is 1. The number of hydrogen-bond donors (Lipinski definition) is 1. The third kappa shape index (κ3) is 1.78. The molecule has 1 aromatic carbocycles. The van der Waals surface area contributed by atoms with Crippen molar-refractivity contribution in [3.8, 4) is 0 Å². The van der Waals surface area contributed by atoms with E-state index in [0.717, 1.165) is 0 Å². The van der Waals surface area contributed by atoms with Gasteiger partial charge in [0.15, 0.2) is 0 Å². The number of nitrogens with two attached hydrogens (primary N) is 1. The molecule has 5 heteroatoms. The molecule has 0 saturated carbocycles. The molecule has 0 unspecified atom stereocenters. The van der Waals surface area contributed by atoms with Crippen molar-refractivity contribution in [3.63, 3.8) is 0 Å². The number of carbonyl (C=O) groups excluding carboxylic acids is 1. The molecule has 1 saturated heterocycles. The predicted molar refractivity (Wildman–Crippen MR) is 53.0 cm³/mol. The maximum atomic E-state index is 13.1. The Hall–Kier alpha value is -1.62. The number of anilines is 1. The molecule has 0 bridgehead atoms. The van der Waals surface area contributed by atoms with Gasteiger partial charge in [-0.25, -0.2) is 9.18 Å². The lowest BCUT2D eigenvalue weighted by Gasteiger charge is -2.13. The number of amides is 1. The number of cyclic esters (lactones) is 1. The third-order valence-corrected chi connectivity index (χ3v) is 2.32. The Kier molecular flexibility index (Phi) is 2.55. The fourth-order valence-electron chi connectivity index (χ4n) is 1.51. The van der Waals surface area contributed by atoms with Crippen LogP contribution in [0, 0.1) is 5.82 Å². The van der Waals surface area contributed by atoms with E-state index >= 15 is 0 Å². The van der Waals surface area contributed by atoms with E-state index < -0.39 is 6.09 Å². The van der Waals surface area contributed by atoms with E-state index in [-0.39, 0.29) is 12.4 Å². The highest BCUT2D eigenvalue weighted by atomic mass is 19.1. The second kappa shape index (κ2) is 3.86. The van der Waals surface area contributed by atoms with Crippen molar-refractivity contribution in [1.82, 2.24) is 0 Å². The topological polar surface area (TPSA) is 55.6 Å². The van der Waals surface area contributed by atoms with Crippen LogP contribution in [0.1, 0.15) is 5.56 Å². The summed E-state index contributed by atoms with van der Waals surface area (Å²) in [6, 6.07) is 4.42. The molecule has 15 heavy (non-hydrogen) atoms. The lowest BCUT2D eigenvalue weighted by Crippen LogP contribution is -2.23. The summed E-state index contributed by atoms with van der Waals surface area (Å²) in [5.41, 5.74) is 6.40. The van der Waals surface area contributed by atoms with Crippen LogP contribution < -0.4 is 10.6 Å². The minimum atomic E-state index is -0.399. The molecule has 1 aromatic rings. The maximum Gasteiger partial charge on any atom is 0.414 e. The van der Waals surface area contributed by atoms with Gasteiger partial charge in [0.05, 0.1) is 6.54 Å². The summed E-state index contributed by atoms with van der Waals surface area (Å²) < 4.78 is 17.9. The molecular weight excluding hydrogens is 199 g/mol. The Balaban J connectivity index is 2.32. The summed E-state index contributed by atoms with van der Waals surface area (Å²) in [6.07, 6.45) is -0.399. The summed E-state index contributed by atoms with van der Waals surface area (Å²) in [4.78, 5) is 12.7. The molecule has 1 amide bonds. The molecule has 1 fully saturated rings. The van der Waals surface area contributed by atoms with Crippen LogP contribution in [0.25, 0.3) is 0 Å². The highest BCUT2D eigenvalue weighted by molar-refractivity contribution is 5.89. The smallest absolute Gasteiger partial charge is 0.414 e. The molecule has 1 aliphatic rings. The van der Waals surface area contributed by atoms with E-state index in [4.69, 9.17) is 10.5 Å². The van der Waals surface area contributed by atoms with Gasteiger partial charge >= 0.3 is 6.09 Å². The van der Waals surface area contributed by atoms with E-state index in [0.29, 0.717) is 24.4 Å². The molecular formula is C10H11FN2O2. The summed E-state index contributed by atoms with van der Waals surface area (Å²) >= 11 is 0. The van der Waals surface area contributed by atoms with Gasteiger partial charge in [-0.05, 0) is 18.2 Å². The van der Waals surface area contributed by atoms with E-state index in [9.17, 15) is 9.18 Å². The van der Waals surface area contributed by atoms with Crippen molar-refractivity contribution in [2.75, 3.05) is 18.1 Å². The van der Waals surface area contributed by atoms with Gasteiger partial charge in [-0.3, -0.25) is 4.90 Å². The highest BCUT2D eigenvalue weighted by Gasteiger charge is 2.23. The minimum Gasteiger partial charge on any atom is -0.447 e. The second-order valence-corrected chi connectivity index (χ2v) is 3.25. The number of ether oxygens (including phenoxy) is 1. The number of rotatable bonds is 2. The third-order valence-electron chi connectivity index (χ3n) is 2.32. The Morgan fingerprint density at radius 1 is 1.53 bits per heavy atom. The van der Waals surface area contributed by atoms with Crippen LogP contribution in [0.4, 0.5) is 14.9 Å². The molecule has 0 radical (unpaired) electrons. The van der Waals surface area contributed by atoms with Crippen LogP contribution in [0.5, 0.6) is 0 Å². The molecule has 0 atom stereocenters. The molecule has 1 aliphatic heterocycles. The van der Waals surface area contributed by atoms with Gasteiger partial charge in [0, 0.05) is 17.8 Å². The molecule has 0 aromatic heterocycles. The summed E-state index contributed by atoms with van der Waals surface area (Å²) in [5, 5.41) is 0. The van der Waals surface area contributed by atoms with E-state index in [1.54, 1.807) is 12.1 Å². The van der Waals surface area contributed by atoms with Gasteiger partial charge in [0.2, 0.25) is 0 Å². The van der Waals surface area contributed by atoms with Crippen LogP contribution in [-0.2, 0) is 11.3 Å². The van der Waals surface area contributed by atoms with Crippen LogP contribution in [-0.4, -0.2) is 19.2 Å². The van der Waals surface area contributed by atoms with Gasteiger partial charge in [0.25, 0.3) is 0 Å². The van der Waals surface area contributed by atoms with Crippen molar-refractivity contribution in [3.05, 3.63) is 29.6 Å². The summed E-state index contributed by atoms with van der Waals surface area (Å²) in [6.45, 7) is 0.977. The standard InChI is InChI=1S/C10H11FN2O2/c11-9-2-1-8(5-7(9)6-12)13-3-4-15-10(13)14/h1-2,5H,3-4,6,12H2. The van der Waals surface area contributed by atoms with Crippen molar-refractivity contribution >= 4 is 11.8 Å². The van der Waals surface area contributed by atoms with Crippen molar-refractivity contribution in [2.45, 2.75) is 6.54 Å². The van der Waals surface area contributed by atoms with Crippen molar-refractivity contribution in [1.29, 1.82) is 0 Å². The van der Waals surface area contributed by atoms with E-state index in [1.165, 1.54) is 11.0 Å². The van der Waals surface area contributed by atoms with Gasteiger partial charge in [-0.1, -0.05) is 0 Å². The Labute approximate surface area is 86.4 Å². The zero-order valence-electron chi connectivity index (χ0n) is 8.07. The van der Waals surface area contributed by atoms with Crippen LogP contribution in [0.2, 0.25) is 0 Å². The number of nitrogens with zero attached hydrogens (tertiary/aromatic N) is 1. The first kappa shape index (κ1) is 9.92. The molecule has 1 heterocycles. The summed E-state index contributed by atoms with van der Waals surface area (Å²) in [7, 11) is 0. The van der Waals surface area contributed by atoms with Crippen LogP contribution >= 0.6 is 0 Å². The second-order valence-electron chi connectivity index (χ2n) is 3.25. The maximum absolute atomic E-state index is 13.1. The molecule has 0 aliphatic carbocycles. The molecule has 4 nitrogen and oxygen atoms in total. The van der Waals surface area contributed by atoms with Gasteiger partial charge in [0.1, 0.15) is 12.4 Å². The Morgan fingerprint density at radius 3 is 2.93 bits per heavy atom. The first-order valence-electron chi connectivity index (χ1n) is 4.65. The fraction of sp³-hybridized carbons (Fsp3) is 0.300. The van der Waals surface area contributed by atoms with Crippen LogP contribution in [0.15, 0.2) is 18.2 Å². The van der Waals surface area contributed by atoms with E-state index in [1.807, 2.05) is 0 Å². The average Bonchev–Trinajstić information content (AvgIpc) is 2.65. The number of hydrogen-bond acceptors (Lipinski definition) is 3. The first-order valence-corrected chi connectivity index (χ1v) is 4.65. The summed E-state index contributed by atoms with van der Waals surface area (Å²) in [5.74, 6) is -0.353. The van der Waals surface area contributed by atoms with Gasteiger partial charge < -0.3 is 10.5 Å². The van der Waals surface area contributed by atoms with E-state index in [2.05, 4.69) is 0 Å². The molecule has 80 valence electrons. The molecule has 2 rings (SSSR count). The largest absolute Gasteiger partial charge is 0.447 e. The molecule has 2 N–H and O–H groups in total. The van der Waals surface area contributed by atoms with Gasteiger partial charge in [-0.15, -0.1) is 0 Å². The highest BCUT2D eigenvalue weighted by Crippen LogP contribution is 2.21. The normalized spacial score (nSPS) is 15.6. The zero-order valence-corrected chi connectivity index (χ0v) is 8.07. The monoisotopic (exact) mass is 210 g/mol. The predicted octanol–water partition coefficient (Wildman–Crippen LogP) is 1.24. The number of benzene rings is 1. The lowest BCUT2D eigenvalue weighted by atomic mass is 10.2. The Bertz CT molecular complexity index is 395. The number of halogens is 1. The SMILES string of the molecule is NCc1cc(N2CCOC2=O)ccc1F. The van der Waals surface area contributed by atoms with Crippen LogP contribution in [0.3, 0.4) is 0 Å².